The highest BCUT2D eigenvalue weighted by Gasteiger charge is 2.39. The number of sulfonamides is 1. The molecule has 0 amide bonds. The Balaban J connectivity index is 1.78. The van der Waals surface area contributed by atoms with Gasteiger partial charge in [0.25, 0.3) is 10.0 Å². The third-order valence-corrected chi connectivity index (χ3v) is 6.76. The van der Waals surface area contributed by atoms with Gasteiger partial charge in [0.1, 0.15) is 5.82 Å². The van der Waals surface area contributed by atoms with Crippen LogP contribution in [0.4, 0.5) is 5.82 Å². The summed E-state index contributed by atoms with van der Waals surface area (Å²) in [5.74, 6) is 0.378. The molecule has 4 rings (SSSR count). The average molecular weight is 381 g/mol. The molecule has 1 fully saturated rings. The quantitative estimate of drug-likeness (QED) is 0.818. The van der Waals surface area contributed by atoms with Crippen LogP contribution < -0.4 is 4.31 Å². The molecule has 2 aliphatic rings. The van der Waals surface area contributed by atoms with E-state index in [1.165, 1.54) is 4.31 Å². The summed E-state index contributed by atoms with van der Waals surface area (Å²) in [5, 5.41) is 0.467. The first-order chi connectivity index (χ1) is 12.0. The van der Waals surface area contributed by atoms with E-state index in [9.17, 15) is 8.42 Å². The van der Waals surface area contributed by atoms with Gasteiger partial charge in [0, 0.05) is 23.4 Å². The van der Waals surface area contributed by atoms with E-state index in [0.717, 1.165) is 0 Å². The summed E-state index contributed by atoms with van der Waals surface area (Å²) in [5.41, 5.74) is 1.36. The third-order valence-electron chi connectivity index (χ3n) is 4.40. The molecular weight excluding hydrogens is 364 g/mol. The van der Waals surface area contributed by atoms with Crippen LogP contribution >= 0.6 is 11.6 Å². The highest BCUT2D eigenvalue weighted by atomic mass is 35.5. The molecule has 2 aliphatic heterocycles. The van der Waals surface area contributed by atoms with Crippen LogP contribution in [0.25, 0.3) is 0 Å². The lowest BCUT2D eigenvalue weighted by Gasteiger charge is -2.23. The fraction of sp³-hybridized carbons (Fsp3) is 0.353. The van der Waals surface area contributed by atoms with E-state index in [4.69, 9.17) is 21.1 Å². The third kappa shape index (κ3) is 2.71. The Bertz CT molecular complexity index is 898. The van der Waals surface area contributed by atoms with Crippen molar-refractivity contribution in [1.82, 2.24) is 4.98 Å². The van der Waals surface area contributed by atoms with Crippen LogP contribution in [0.2, 0.25) is 5.02 Å². The summed E-state index contributed by atoms with van der Waals surface area (Å²) in [6.45, 7) is 2.85. The van der Waals surface area contributed by atoms with E-state index < -0.39 is 16.3 Å². The Morgan fingerprint density at radius 1 is 1.20 bits per heavy atom. The van der Waals surface area contributed by atoms with Gasteiger partial charge in [-0.25, -0.2) is 17.7 Å². The van der Waals surface area contributed by atoms with Crippen molar-refractivity contribution in [1.29, 1.82) is 0 Å². The maximum atomic E-state index is 13.1. The predicted molar refractivity (Wildman–Crippen MR) is 93.2 cm³/mol. The van der Waals surface area contributed by atoms with Gasteiger partial charge in [0.2, 0.25) is 0 Å². The molecule has 25 heavy (non-hydrogen) atoms. The van der Waals surface area contributed by atoms with Crippen LogP contribution in [0.5, 0.6) is 0 Å². The summed E-state index contributed by atoms with van der Waals surface area (Å²) >= 11 is 6.54. The molecule has 0 radical (unpaired) electrons. The molecule has 8 heteroatoms. The second kappa shape index (κ2) is 6.25. The monoisotopic (exact) mass is 380 g/mol. The van der Waals surface area contributed by atoms with Crippen molar-refractivity contribution in [2.45, 2.75) is 30.6 Å². The Hall–Kier alpha value is -1.67. The number of rotatable bonds is 3. The van der Waals surface area contributed by atoms with Gasteiger partial charge < -0.3 is 9.47 Å². The maximum absolute atomic E-state index is 13.1. The summed E-state index contributed by atoms with van der Waals surface area (Å²) < 4.78 is 38.4. The van der Waals surface area contributed by atoms with Crippen LogP contribution in [-0.4, -0.2) is 32.7 Å². The molecule has 0 N–H and O–H groups in total. The first-order valence-electron chi connectivity index (χ1n) is 8.00. The fourth-order valence-electron chi connectivity index (χ4n) is 3.25. The molecule has 132 valence electrons. The van der Waals surface area contributed by atoms with Crippen molar-refractivity contribution >= 4 is 27.4 Å². The summed E-state index contributed by atoms with van der Waals surface area (Å²) in [4.78, 5) is 4.63. The summed E-state index contributed by atoms with van der Waals surface area (Å²) in [7, 11) is -3.70. The van der Waals surface area contributed by atoms with E-state index in [0.29, 0.717) is 41.6 Å². The Morgan fingerprint density at radius 2 is 1.88 bits per heavy atom. The zero-order chi connectivity index (χ0) is 17.6. The number of nitrogens with zero attached hydrogens (tertiary/aromatic N) is 2. The number of hydrogen-bond donors (Lipinski definition) is 0. The lowest BCUT2D eigenvalue weighted by atomic mass is 10.1. The minimum Gasteiger partial charge on any atom is -0.346 e. The van der Waals surface area contributed by atoms with Crippen molar-refractivity contribution in [3.05, 3.63) is 52.7 Å². The van der Waals surface area contributed by atoms with Gasteiger partial charge in [-0.2, -0.15) is 0 Å². The molecule has 1 aromatic carbocycles. The number of pyridine rings is 1. The molecule has 1 unspecified atom stereocenters. The van der Waals surface area contributed by atoms with E-state index in [2.05, 4.69) is 4.98 Å². The van der Waals surface area contributed by atoms with Crippen molar-refractivity contribution < 1.29 is 17.9 Å². The Morgan fingerprint density at radius 3 is 2.56 bits per heavy atom. The molecule has 1 saturated heterocycles. The highest BCUT2D eigenvalue weighted by molar-refractivity contribution is 7.92. The normalized spacial score (nSPS) is 20.9. The first-order valence-corrected chi connectivity index (χ1v) is 9.82. The lowest BCUT2D eigenvalue weighted by Crippen LogP contribution is -2.36. The van der Waals surface area contributed by atoms with Gasteiger partial charge in [-0.1, -0.05) is 29.8 Å². The zero-order valence-corrected chi connectivity index (χ0v) is 15.1. The van der Waals surface area contributed by atoms with Crippen LogP contribution in [0.15, 0.2) is 41.4 Å². The lowest BCUT2D eigenvalue weighted by molar-refractivity contribution is -0.0442. The molecule has 0 aliphatic carbocycles. The van der Waals surface area contributed by atoms with Gasteiger partial charge >= 0.3 is 0 Å². The Kier molecular flexibility index (Phi) is 4.19. The standard InChI is InChI=1S/C17H17ClN2O4S/c1-11-9-13-15(18)14(17-23-7-8-24-17)10-19-16(13)20(11)25(21,22)12-5-3-2-4-6-12/h2-6,10-11,17H,7-9H2,1H3. The van der Waals surface area contributed by atoms with Gasteiger partial charge in [-0.15, -0.1) is 0 Å². The maximum Gasteiger partial charge on any atom is 0.265 e. The number of aromatic nitrogens is 1. The molecule has 1 atom stereocenters. The molecule has 3 heterocycles. The van der Waals surface area contributed by atoms with Crippen LogP contribution in [0, 0.1) is 0 Å². The minimum atomic E-state index is -3.70. The molecule has 6 nitrogen and oxygen atoms in total. The van der Waals surface area contributed by atoms with E-state index in [1.807, 2.05) is 6.92 Å². The molecule has 0 bridgehead atoms. The SMILES string of the molecule is CC1Cc2c(ncc(C3OCCO3)c2Cl)N1S(=O)(=O)c1ccccc1. The number of anilines is 1. The van der Waals surface area contributed by atoms with Crippen molar-refractivity contribution in [2.75, 3.05) is 17.5 Å². The van der Waals surface area contributed by atoms with Crippen molar-refractivity contribution in [3.8, 4) is 0 Å². The van der Waals surface area contributed by atoms with Gasteiger partial charge in [-0.3, -0.25) is 0 Å². The highest BCUT2D eigenvalue weighted by Crippen LogP contribution is 2.42. The van der Waals surface area contributed by atoms with Gasteiger partial charge in [0.05, 0.1) is 23.1 Å². The smallest absolute Gasteiger partial charge is 0.265 e. The topological polar surface area (TPSA) is 68.7 Å². The number of fused-ring (bicyclic) bond motifs is 1. The summed E-state index contributed by atoms with van der Waals surface area (Å²) in [6.07, 6.45) is 1.50. The van der Waals surface area contributed by atoms with Crippen molar-refractivity contribution in [2.24, 2.45) is 0 Å². The van der Waals surface area contributed by atoms with Crippen LogP contribution in [0.1, 0.15) is 24.3 Å². The number of halogens is 1. The largest absolute Gasteiger partial charge is 0.346 e. The molecular formula is C17H17ClN2O4S. The average Bonchev–Trinajstić information content (AvgIpc) is 3.24. The number of hydrogen-bond acceptors (Lipinski definition) is 5. The van der Waals surface area contributed by atoms with E-state index >= 15 is 0 Å². The summed E-state index contributed by atoms with van der Waals surface area (Å²) in [6, 6.07) is 8.07. The van der Waals surface area contributed by atoms with Crippen LogP contribution in [-0.2, 0) is 25.9 Å². The van der Waals surface area contributed by atoms with E-state index in [-0.39, 0.29) is 10.9 Å². The Labute approximate surface area is 151 Å². The van der Waals surface area contributed by atoms with Crippen LogP contribution in [0.3, 0.4) is 0 Å². The predicted octanol–water partition coefficient (Wildman–Crippen LogP) is 2.92. The van der Waals surface area contributed by atoms with E-state index in [1.54, 1.807) is 36.5 Å². The fourth-order valence-corrected chi connectivity index (χ4v) is 5.22. The second-order valence-corrected chi connectivity index (χ2v) is 8.26. The molecule has 1 aromatic heterocycles. The molecule has 0 spiro atoms. The number of ether oxygens (including phenoxy) is 2. The van der Waals surface area contributed by atoms with Crippen molar-refractivity contribution in [3.63, 3.8) is 0 Å². The zero-order valence-electron chi connectivity index (χ0n) is 13.6. The minimum absolute atomic E-state index is 0.235. The molecule has 2 aromatic rings. The molecule has 0 saturated carbocycles. The first kappa shape index (κ1) is 16.8. The second-order valence-electron chi connectivity index (χ2n) is 6.07. The van der Waals surface area contributed by atoms with Gasteiger partial charge in [-0.05, 0) is 25.5 Å². The number of benzene rings is 1. The van der Waals surface area contributed by atoms with Gasteiger partial charge in [0.15, 0.2) is 6.29 Å².